The monoisotopic (exact) mass is 640 g/mol. The van der Waals surface area contributed by atoms with E-state index >= 15 is 0 Å². The highest BCUT2D eigenvalue weighted by molar-refractivity contribution is 6.17. The van der Waals surface area contributed by atoms with Crippen molar-refractivity contribution in [2.45, 2.75) is 0 Å². The molecule has 0 N–H and O–H groups in total. The van der Waals surface area contributed by atoms with Gasteiger partial charge in [-0.3, -0.25) is 0 Å². The van der Waals surface area contributed by atoms with Crippen molar-refractivity contribution >= 4 is 43.7 Å². The number of nitrogens with zero attached hydrogens (tertiary/aromatic N) is 4. The Morgan fingerprint density at radius 3 is 1.48 bits per heavy atom. The lowest BCUT2D eigenvalue weighted by atomic mass is 10.0. The number of hydrogen-bond donors (Lipinski definition) is 0. The average molecular weight is 641 g/mol. The zero-order valence-corrected chi connectivity index (χ0v) is 26.9. The molecule has 10 rings (SSSR count). The molecule has 0 radical (unpaired) electrons. The summed E-state index contributed by atoms with van der Waals surface area (Å²) in [5.74, 6) is 1.95. The van der Waals surface area contributed by atoms with Crippen molar-refractivity contribution in [2.75, 3.05) is 0 Å². The Labute approximate surface area is 287 Å². The molecule has 0 unspecified atom stereocenters. The molecule has 0 aliphatic carbocycles. The quantitative estimate of drug-likeness (QED) is 0.188. The van der Waals surface area contributed by atoms with Gasteiger partial charge in [0.15, 0.2) is 17.5 Å². The van der Waals surface area contributed by atoms with E-state index < -0.39 is 0 Å². The number of para-hydroxylation sites is 2. The molecular formula is C45H28N4O. The fourth-order valence-corrected chi connectivity index (χ4v) is 7.02. The Balaban J connectivity index is 1.02. The van der Waals surface area contributed by atoms with E-state index in [2.05, 4.69) is 102 Å². The minimum Gasteiger partial charge on any atom is -0.456 e. The molecule has 3 aromatic heterocycles. The number of rotatable bonds is 5. The van der Waals surface area contributed by atoms with E-state index in [0.29, 0.717) is 17.5 Å². The number of hydrogen-bond acceptors (Lipinski definition) is 4. The van der Waals surface area contributed by atoms with Crippen molar-refractivity contribution in [2.24, 2.45) is 0 Å². The summed E-state index contributed by atoms with van der Waals surface area (Å²) >= 11 is 0. The van der Waals surface area contributed by atoms with Gasteiger partial charge >= 0.3 is 0 Å². The van der Waals surface area contributed by atoms with Crippen molar-refractivity contribution < 1.29 is 4.42 Å². The Morgan fingerprint density at radius 2 is 0.840 bits per heavy atom. The Bertz CT molecular complexity index is 2780. The van der Waals surface area contributed by atoms with E-state index in [0.717, 1.165) is 61.0 Å². The minimum atomic E-state index is 0.643. The van der Waals surface area contributed by atoms with Crippen LogP contribution >= 0.6 is 0 Å². The van der Waals surface area contributed by atoms with Crippen molar-refractivity contribution in [1.29, 1.82) is 0 Å². The van der Waals surface area contributed by atoms with Gasteiger partial charge in [0.2, 0.25) is 0 Å². The fourth-order valence-electron chi connectivity index (χ4n) is 7.02. The van der Waals surface area contributed by atoms with Crippen molar-refractivity contribution in [3.05, 3.63) is 170 Å². The van der Waals surface area contributed by atoms with Crippen LogP contribution in [0.5, 0.6) is 0 Å². The van der Waals surface area contributed by atoms with E-state index in [9.17, 15) is 0 Å². The summed E-state index contributed by atoms with van der Waals surface area (Å²) in [7, 11) is 0. The minimum absolute atomic E-state index is 0.643. The molecule has 234 valence electrons. The van der Waals surface area contributed by atoms with Crippen LogP contribution < -0.4 is 0 Å². The number of aromatic nitrogens is 4. The van der Waals surface area contributed by atoms with E-state index in [4.69, 9.17) is 19.4 Å². The highest BCUT2D eigenvalue weighted by atomic mass is 16.3. The van der Waals surface area contributed by atoms with E-state index in [1.165, 1.54) is 16.3 Å². The molecule has 0 amide bonds. The lowest BCUT2D eigenvalue weighted by Gasteiger charge is -2.10. The summed E-state index contributed by atoms with van der Waals surface area (Å²) in [6.45, 7) is 0. The summed E-state index contributed by atoms with van der Waals surface area (Å²) < 4.78 is 8.63. The maximum Gasteiger partial charge on any atom is 0.164 e. The molecule has 0 spiro atoms. The molecule has 0 fully saturated rings. The first-order chi connectivity index (χ1) is 24.8. The van der Waals surface area contributed by atoms with Gasteiger partial charge in [0.1, 0.15) is 11.2 Å². The average Bonchev–Trinajstić information content (AvgIpc) is 3.72. The summed E-state index contributed by atoms with van der Waals surface area (Å²) in [6.07, 6.45) is 0. The molecule has 0 saturated carbocycles. The van der Waals surface area contributed by atoms with Gasteiger partial charge in [0.05, 0.1) is 11.0 Å². The second kappa shape index (κ2) is 11.4. The Hall–Kier alpha value is -6.85. The zero-order chi connectivity index (χ0) is 33.0. The van der Waals surface area contributed by atoms with E-state index in [-0.39, 0.29) is 0 Å². The van der Waals surface area contributed by atoms with Crippen LogP contribution in [-0.2, 0) is 0 Å². The number of furan rings is 1. The topological polar surface area (TPSA) is 56.7 Å². The normalized spacial score (nSPS) is 11.6. The Morgan fingerprint density at radius 1 is 0.340 bits per heavy atom. The van der Waals surface area contributed by atoms with Crippen LogP contribution in [0.4, 0.5) is 0 Å². The van der Waals surface area contributed by atoms with Crippen LogP contribution in [0.1, 0.15) is 0 Å². The molecule has 0 bridgehead atoms. The van der Waals surface area contributed by atoms with Crippen LogP contribution in [0.15, 0.2) is 174 Å². The summed E-state index contributed by atoms with van der Waals surface area (Å²) in [4.78, 5) is 14.6. The third kappa shape index (κ3) is 4.67. The van der Waals surface area contributed by atoms with Crippen LogP contribution in [0.2, 0.25) is 0 Å². The maximum atomic E-state index is 6.30. The van der Waals surface area contributed by atoms with E-state index in [1.54, 1.807) is 0 Å². The molecule has 0 saturated heterocycles. The molecule has 3 heterocycles. The lowest BCUT2D eigenvalue weighted by Crippen LogP contribution is -2.00. The first-order valence-electron chi connectivity index (χ1n) is 16.7. The van der Waals surface area contributed by atoms with Crippen LogP contribution in [0.3, 0.4) is 0 Å². The van der Waals surface area contributed by atoms with Crippen LogP contribution in [0.25, 0.3) is 94.7 Å². The third-order valence-corrected chi connectivity index (χ3v) is 9.47. The summed E-state index contributed by atoms with van der Waals surface area (Å²) in [5, 5.41) is 4.71. The predicted octanol–water partition coefficient (Wildman–Crippen LogP) is 11.5. The number of benzene rings is 7. The molecule has 0 aliphatic heterocycles. The van der Waals surface area contributed by atoms with Gasteiger partial charge in [-0.05, 0) is 41.5 Å². The van der Waals surface area contributed by atoms with Gasteiger partial charge in [0.25, 0.3) is 0 Å². The first-order valence-corrected chi connectivity index (χ1v) is 16.7. The second-order valence-electron chi connectivity index (χ2n) is 12.5. The van der Waals surface area contributed by atoms with Gasteiger partial charge in [-0.1, -0.05) is 133 Å². The highest BCUT2D eigenvalue weighted by Crippen LogP contribution is 2.38. The largest absolute Gasteiger partial charge is 0.456 e. The van der Waals surface area contributed by atoms with Gasteiger partial charge < -0.3 is 8.98 Å². The maximum absolute atomic E-state index is 6.30. The highest BCUT2D eigenvalue weighted by Gasteiger charge is 2.17. The molecule has 50 heavy (non-hydrogen) atoms. The zero-order valence-electron chi connectivity index (χ0n) is 26.9. The van der Waals surface area contributed by atoms with Crippen LogP contribution in [0, 0.1) is 0 Å². The first kappa shape index (κ1) is 28.2. The van der Waals surface area contributed by atoms with Gasteiger partial charge in [-0.25, -0.2) is 15.0 Å². The SMILES string of the molecule is c1ccc(-c2nc(-c3ccccc3)nc(-c3ccc(-c4ccc(-n5c6ccccc6c6cc7c(cc65)oc5ccccc57)cc4)cc3)n2)cc1. The smallest absolute Gasteiger partial charge is 0.164 e. The van der Waals surface area contributed by atoms with Crippen LogP contribution in [-0.4, -0.2) is 19.5 Å². The molecular weight excluding hydrogens is 613 g/mol. The summed E-state index contributed by atoms with van der Waals surface area (Å²) in [6, 6.07) is 58.7. The van der Waals surface area contributed by atoms with Gasteiger partial charge in [-0.2, -0.15) is 0 Å². The molecule has 10 aromatic rings. The molecule has 5 nitrogen and oxygen atoms in total. The van der Waals surface area contributed by atoms with Crippen molar-refractivity contribution in [3.8, 4) is 51.0 Å². The van der Waals surface area contributed by atoms with Crippen molar-refractivity contribution in [1.82, 2.24) is 19.5 Å². The molecule has 7 aromatic carbocycles. The Kier molecular flexibility index (Phi) is 6.42. The summed E-state index contributed by atoms with van der Waals surface area (Å²) in [5.41, 5.74) is 10.3. The lowest BCUT2D eigenvalue weighted by molar-refractivity contribution is 0.669. The third-order valence-electron chi connectivity index (χ3n) is 9.47. The molecule has 0 aliphatic rings. The van der Waals surface area contributed by atoms with Crippen molar-refractivity contribution in [3.63, 3.8) is 0 Å². The standard InChI is InChI=1S/C45H28N4O/c1-3-11-31(12-4-1)43-46-44(32-13-5-2-6-14-32)48-45(47-43)33-21-19-29(20-22-33)30-23-25-34(26-24-30)49-39-17-9-7-15-35(39)37-27-38-36-16-8-10-18-41(36)50-42(38)28-40(37)49/h1-28H. The molecule has 0 atom stereocenters. The van der Waals surface area contributed by atoms with Gasteiger partial charge in [0, 0.05) is 50.0 Å². The predicted molar refractivity (Wildman–Crippen MR) is 203 cm³/mol. The number of fused-ring (bicyclic) bond motifs is 6. The van der Waals surface area contributed by atoms with Gasteiger partial charge in [-0.15, -0.1) is 0 Å². The molecule has 5 heteroatoms. The second-order valence-corrected chi connectivity index (χ2v) is 12.5. The fraction of sp³-hybridized carbons (Fsp3) is 0. The van der Waals surface area contributed by atoms with E-state index in [1.807, 2.05) is 72.8 Å².